The molecule has 1 aliphatic heterocycles. The van der Waals surface area contributed by atoms with Crippen molar-refractivity contribution in [2.24, 2.45) is 5.92 Å². The van der Waals surface area contributed by atoms with Gasteiger partial charge in [0.15, 0.2) is 4.83 Å². The van der Waals surface area contributed by atoms with Crippen molar-refractivity contribution in [3.8, 4) is 0 Å². The summed E-state index contributed by atoms with van der Waals surface area (Å²) in [7, 11) is 0. The van der Waals surface area contributed by atoms with Crippen LogP contribution in [0.15, 0.2) is 29.1 Å². The number of aryl methyl sites for hydroxylation is 1. The Bertz CT molecular complexity index is 1150. The molecule has 6 nitrogen and oxygen atoms in total. The van der Waals surface area contributed by atoms with Gasteiger partial charge in [0.05, 0.1) is 5.39 Å². The molecule has 0 spiro atoms. The molecule has 1 aromatic carbocycles. The largest absolute Gasteiger partial charge is 0.307 e. The van der Waals surface area contributed by atoms with E-state index >= 15 is 0 Å². The second-order valence-electron chi connectivity index (χ2n) is 8.03. The van der Waals surface area contributed by atoms with E-state index in [0.717, 1.165) is 36.9 Å². The number of carbonyl (C=O) groups excluding carboxylic acids is 1. The fraction of sp³-hybridized carbons (Fsp3) is 0.429. The van der Waals surface area contributed by atoms with Crippen molar-refractivity contribution in [3.63, 3.8) is 0 Å². The molecule has 0 radical (unpaired) electrons. The molecule has 5 rings (SSSR count). The second kappa shape index (κ2) is 6.51. The van der Waals surface area contributed by atoms with Crippen molar-refractivity contribution >= 4 is 33.1 Å². The van der Waals surface area contributed by atoms with Crippen LogP contribution in [0, 0.1) is 5.92 Å². The lowest BCUT2D eigenvalue weighted by Crippen LogP contribution is -2.40. The van der Waals surface area contributed by atoms with Crippen LogP contribution >= 0.6 is 11.3 Å². The van der Waals surface area contributed by atoms with Crippen LogP contribution in [0.2, 0.25) is 0 Å². The fourth-order valence-corrected chi connectivity index (χ4v) is 5.86. The van der Waals surface area contributed by atoms with E-state index in [0.29, 0.717) is 16.1 Å². The lowest BCUT2D eigenvalue weighted by Gasteiger charge is -2.22. The molecule has 144 valence electrons. The average Bonchev–Trinajstić information content (AvgIpc) is 3.20. The number of para-hydroxylation sites is 1. The van der Waals surface area contributed by atoms with Crippen molar-refractivity contribution in [1.29, 1.82) is 0 Å². The van der Waals surface area contributed by atoms with Gasteiger partial charge in [0.1, 0.15) is 6.54 Å². The Morgan fingerprint density at radius 1 is 1.25 bits per heavy atom. The SMILES string of the molecule is C[C@@H]1CCc2c(sc3nnn(CC(=O)N4c5ccccc5C[C@@H]4C)c(=O)c23)C1. The van der Waals surface area contributed by atoms with Gasteiger partial charge in [-0.05, 0) is 55.7 Å². The van der Waals surface area contributed by atoms with Gasteiger partial charge < -0.3 is 4.90 Å². The van der Waals surface area contributed by atoms with E-state index in [1.165, 1.54) is 15.1 Å². The van der Waals surface area contributed by atoms with Crippen LogP contribution < -0.4 is 10.5 Å². The summed E-state index contributed by atoms with van der Waals surface area (Å²) in [6, 6.07) is 8.02. The summed E-state index contributed by atoms with van der Waals surface area (Å²) in [4.78, 5) is 29.9. The molecular weight excluding hydrogens is 372 g/mol. The van der Waals surface area contributed by atoms with Crippen LogP contribution in [0.25, 0.3) is 10.2 Å². The smallest absolute Gasteiger partial charge is 0.279 e. The summed E-state index contributed by atoms with van der Waals surface area (Å²) in [5.74, 6) is 0.514. The molecule has 0 unspecified atom stereocenters. The second-order valence-corrected chi connectivity index (χ2v) is 9.11. The van der Waals surface area contributed by atoms with Gasteiger partial charge in [0.25, 0.3) is 5.56 Å². The van der Waals surface area contributed by atoms with E-state index in [1.54, 1.807) is 16.2 Å². The van der Waals surface area contributed by atoms with Gasteiger partial charge in [-0.3, -0.25) is 9.59 Å². The highest BCUT2D eigenvalue weighted by Crippen LogP contribution is 2.35. The first-order valence-electron chi connectivity index (χ1n) is 9.81. The number of nitrogens with zero attached hydrogens (tertiary/aromatic N) is 4. The summed E-state index contributed by atoms with van der Waals surface area (Å²) in [5, 5.41) is 9.03. The van der Waals surface area contributed by atoms with Gasteiger partial charge in [-0.25, -0.2) is 4.68 Å². The summed E-state index contributed by atoms with van der Waals surface area (Å²) < 4.78 is 1.24. The Morgan fingerprint density at radius 2 is 2.07 bits per heavy atom. The standard InChI is InChI=1S/C21H22N4O2S/c1-12-7-8-15-17(9-12)28-20-19(15)21(27)24(23-22-20)11-18(26)25-13(2)10-14-5-3-4-6-16(14)25/h3-6,12-13H,7-11H2,1-2H3/t12-,13+/m1/s1. The predicted molar refractivity (Wildman–Crippen MR) is 110 cm³/mol. The Hall–Kier alpha value is -2.54. The molecule has 3 aromatic rings. The number of amides is 1. The minimum absolute atomic E-state index is 0.0766. The number of hydrogen-bond donors (Lipinski definition) is 0. The van der Waals surface area contributed by atoms with Crippen LogP contribution in [-0.4, -0.2) is 26.9 Å². The quantitative estimate of drug-likeness (QED) is 0.670. The minimum atomic E-state index is -0.189. The molecule has 2 aromatic heterocycles. The first-order chi connectivity index (χ1) is 13.5. The predicted octanol–water partition coefficient (Wildman–Crippen LogP) is 2.96. The molecule has 0 fully saturated rings. The molecule has 2 aliphatic rings. The van der Waals surface area contributed by atoms with Gasteiger partial charge in [0, 0.05) is 16.6 Å². The number of fused-ring (bicyclic) bond motifs is 4. The van der Waals surface area contributed by atoms with Crippen LogP contribution in [0.4, 0.5) is 5.69 Å². The van der Waals surface area contributed by atoms with Gasteiger partial charge >= 0.3 is 0 Å². The molecule has 1 amide bonds. The molecule has 7 heteroatoms. The van der Waals surface area contributed by atoms with E-state index in [2.05, 4.69) is 23.3 Å². The Balaban J connectivity index is 1.50. The lowest BCUT2D eigenvalue weighted by atomic mass is 9.89. The van der Waals surface area contributed by atoms with E-state index < -0.39 is 0 Å². The summed E-state index contributed by atoms with van der Waals surface area (Å²) in [6.45, 7) is 4.19. The van der Waals surface area contributed by atoms with Gasteiger partial charge in [0.2, 0.25) is 5.91 Å². The topological polar surface area (TPSA) is 68.1 Å². The third-order valence-electron chi connectivity index (χ3n) is 5.95. The zero-order valence-electron chi connectivity index (χ0n) is 16.0. The molecular formula is C21H22N4O2S. The zero-order valence-corrected chi connectivity index (χ0v) is 16.8. The minimum Gasteiger partial charge on any atom is -0.307 e. The maximum Gasteiger partial charge on any atom is 0.279 e. The Morgan fingerprint density at radius 3 is 2.93 bits per heavy atom. The Kier molecular flexibility index (Phi) is 4.08. The summed E-state index contributed by atoms with van der Waals surface area (Å²) in [5.41, 5.74) is 3.03. The maximum atomic E-state index is 13.1. The maximum absolute atomic E-state index is 13.1. The van der Waals surface area contributed by atoms with Crippen LogP contribution in [-0.2, 0) is 30.6 Å². The average molecular weight is 395 g/mol. The van der Waals surface area contributed by atoms with Crippen molar-refractivity contribution in [2.75, 3.05) is 4.90 Å². The van der Waals surface area contributed by atoms with Crippen molar-refractivity contribution in [3.05, 3.63) is 50.6 Å². The monoisotopic (exact) mass is 394 g/mol. The van der Waals surface area contributed by atoms with E-state index in [1.807, 2.05) is 25.1 Å². The number of carbonyl (C=O) groups is 1. The molecule has 0 saturated heterocycles. The number of aromatic nitrogens is 3. The molecule has 0 saturated carbocycles. The highest BCUT2D eigenvalue weighted by atomic mass is 32.1. The molecule has 0 N–H and O–H groups in total. The van der Waals surface area contributed by atoms with Crippen molar-refractivity contribution in [1.82, 2.24) is 15.0 Å². The van der Waals surface area contributed by atoms with Gasteiger partial charge in [-0.15, -0.1) is 16.4 Å². The molecule has 28 heavy (non-hydrogen) atoms. The Labute approximate surface area is 166 Å². The van der Waals surface area contributed by atoms with Crippen molar-refractivity contribution in [2.45, 2.75) is 52.1 Å². The van der Waals surface area contributed by atoms with Crippen LogP contribution in [0.5, 0.6) is 0 Å². The van der Waals surface area contributed by atoms with Crippen molar-refractivity contribution < 1.29 is 4.79 Å². The molecule has 0 bridgehead atoms. The molecule has 3 heterocycles. The molecule has 1 aliphatic carbocycles. The number of rotatable bonds is 2. The van der Waals surface area contributed by atoms with Gasteiger partial charge in [-0.2, -0.15) is 0 Å². The van der Waals surface area contributed by atoms with E-state index in [9.17, 15) is 9.59 Å². The molecule has 2 atom stereocenters. The first-order valence-corrected chi connectivity index (χ1v) is 10.6. The van der Waals surface area contributed by atoms with E-state index in [-0.39, 0.29) is 24.1 Å². The number of anilines is 1. The first kappa shape index (κ1) is 17.6. The third-order valence-corrected chi connectivity index (χ3v) is 7.08. The van der Waals surface area contributed by atoms with E-state index in [4.69, 9.17) is 0 Å². The van der Waals surface area contributed by atoms with Gasteiger partial charge in [-0.1, -0.05) is 30.3 Å². The number of thiophene rings is 1. The highest BCUT2D eigenvalue weighted by molar-refractivity contribution is 7.18. The summed E-state index contributed by atoms with van der Waals surface area (Å²) in [6.07, 6.45) is 3.82. The third kappa shape index (κ3) is 2.68. The zero-order chi connectivity index (χ0) is 19.4. The van der Waals surface area contributed by atoms with Crippen LogP contribution in [0.3, 0.4) is 0 Å². The fourth-order valence-electron chi connectivity index (χ4n) is 4.54. The highest BCUT2D eigenvalue weighted by Gasteiger charge is 2.31. The number of benzene rings is 1. The number of hydrogen-bond acceptors (Lipinski definition) is 5. The summed E-state index contributed by atoms with van der Waals surface area (Å²) >= 11 is 1.58. The normalized spacial score (nSPS) is 21.0. The lowest BCUT2D eigenvalue weighted by molar-refractivity contribution is -0.119. The van der Waals surface area contributed by atoms with Crippen LogP contribution in [0.1, 0.15) is 36.3 Å².